The van der Waals surface area contributed by atoms with Crippen molar-refractivity contribution in [3.8, 4) is 11.3 Å². The van der Waals surface area contributed by atoms with E-state index in [9.17, 15) is 5.11 Å². The fourth-order valence-corrected chi connectivity index (χ4v) is 4.25. The highest BCUT2D eigenvalue weighted by atomic mass is 16.5. The fraction of sp³-hybridized carbons (Fsp3) is 0.560. The van der Waals surface area contributed by atoms with Crippen LogP contribution in [0.25, 0.3) is 11.3 Å². The number of likely N-dealkylation sites (N-methyl/N-ethyl adjacent to an activating group) is 1. The first-order valence-electron chi connectivity index (χ1n) is 11.7. The van der Waals surface area contributed by atoms with E-state index < -0.39 is 6.10 Å². The van der Waals surface area contributed by atoms with Crippen LogP contribution in [0, 0.1) is 5.92 Å². The van der Waals surface area contributed by atoms with Gasteiger partial charge in [0, 0.05) is 51.4 Å². The summed E-state index contributed by atoms with van der Waals surface area (Å²) in [5, 5.41) is 15.1. The van der Waals surface area contributed by atoms with Crippen LogP contribution in [0.4, 0.5) is 5.88 Å². The van der Waals surface area contributed by atoms with Crippen molar-refractivity contribution in [2.24, 2.45) is 5.92 Å². The van der Waals surface area contributed by atoms with E-state index in [0.29, 0.717) is 32.2 Å². The molecule has 1 N–H and O–H groups in total. The third-order valence-corrected chi connectivity index (χ3v) is 6.22. The minimum atomic E-state index is -0.541. The molecule has 7 heteroatoms. The number of nitrogens with zero attached hydrogens (tertiary/aromatic N) is 4. The Balaban J connectivity index is 1.56. The van der Waals surface area contributed by atoms with Gasteiger partial charge in [-0.05, 0) is 25.8 Å². The summed E-state index contributed by atoms with van der Waals surface area (Å²) in [5.41, 5.74) is 3.08. The monoisotopic (exact) mass is 440 g/mol. The molecule has 0 amide bonds. The van der Waals surface area contributed by atoms with E-state index >= 15 is 0 Å². The minimum Gasteiger partial charge on any atom is -0.389 e. The quantitative estimate of drug-likeness (QED) is 0.402. The zero-order valence-corrected chi connectivity index (χ0v) is 19.2. The molecule has 2 fully saturated rings. The summed E-state index contributed by atoms with van der Waals surface area (Å²) in [7, 11) is 2.15. The lowest BCUT2D eigenvalue weighted by atomic mass is 10.1. The highest BCUT2D eigenvalue weighted by Crippen LogP contribution is 2.35. The topological polar surface area (TPSA) is 65.2 Å². The van der Waals surface area contributed by atoms with Crippen LogP contribution in [0.3, 0.4) is 0 Å². The zero-order valence-electron chi connectivity index (χ0n) is 19.2. The van der Waals surface area contributed by atoms with E-state index in [4.69, 9.17) is 9.26 Å². The minimum absolute atomic E-state index is 0.313. The van der Waals surface area contributed by atoms with Crippen LogP contribution in [-0.2, 0) is 11.3 Å². The summed E-state index contributed by atoms with van der Waals surface area (Å²) < 4.78 is 11.4. The van der Waals surface area contributed by atoms with E-state index in [-0.39, 0.29) is 0 Å². The van der Waals surface area contributed by atoms with Crippen molar-refractivity contribution in [1.82, 2.24) is 15.0 Å². The Morgan fingerprint density at radius 1 is 1.25 bits per heavy atom. The molecule has 0 spiro atoms. The molecule has 1 aromatic carbocycles. The van der Waals surface area contributed by atoms with Gasteiger partial charge >= 0.3 is 0 Å². The molecule has 2 aromatic rings. The number of ether oxygens (including phenoxy) is 1. The predicted molar refractivity (Wildman–Crippen MR) is 127 cm³/mol. The van der Waals surface area contributed by atoms with Crippen LogP contribution >= 0.6 is 0 Å². The van der Waals surface area contributed by atoms with Gasteiger partial charge < -0.3 is 24.2 Å². The molecule has 32 heavy (non-hydrogen) atoms. The van der Waals surface area contributed by atoms with Crippen LogP contribution in [0.5, 0.6) is 0 Å². The molecule has 2 heterocycles. The molecule has 0 radical (unpaired) electrons. The van der Waals surface area contributed by atoms with E-state index in [1.165, 1.54) is 12.8 Å². The van der Waals surface area contributed by atoms with Gasteiger partial charge in [0.05, 0.1) is 24.9 Å². The van der Waals surface area contributed by atoms with E-state index in [1.807, 2.05) is 18.2 Å². The molecule has 1 atom stereocenters. The highest BCUT2D eigenvalue weighted by Gasteiger charge is 2.30. The number of hydrogen-bond acceptors (Lipinski definition) is 7. The Morgan fingerprint density at radius 2 is 2.00 bits per heavy atom. The van der Waals surface area contributed by atoms with Gasteiger partial charge in [0.1, 0.15) is 5.69 Å². The highest BCUT2D eigenvalue weighted by molar-refractivity contribution is 5.68. The average molecular weight is 441 g/mol. The molecule has 4 rings (SSSR count). The standard InChI is InChI=1S/C25H36N4O3/c1-3-15-31-19-22(30)17-28(16-20-9-10-20)18-23-24(21-7-5-4-6-8-21)26-32-25(23)29-13-11-27(2)12-14-29/h3-8,20,22,30H,1,9-19H2,2H3. The molecule has 174 valence electrons. The first kappa shape index (κ1) is 23.0. The van der Waals surface area contributed by atoms with Gasteiger partial charge in [0.15, 0.2) is 0 Å². The second-order valence-electron chi connectivity index (χ2n) is 9.09. The third kappa shape index (κ3) is 6.19. The molecule has 1 unspecified atom stereocenters. The summed E-state index contributed by atoms with van der Waals surface area (Å²) >= 11 is 0. The van der Waals surface area contributed by atoms with Gasteiger partial charge in [-0.3, -0.25) is 4.90 Å². The van der Waals surface area contributed by atoms with Crippen molar-refractivity contribution in [1.29, 1.82) is 0 Å². The van der Waals surface area contributed by atoms with Crippen LogP contribution in [-0.4, -0.2) is 85.7 Å². The van der Waals surface area contributed by atoms with Crippen LogP contribution in [0.2, 0.25) is 0 Å². The summed E-state index contributed by atoms with van der Waals surface area (Å²) in [6.07, 6.45) is 3.70. The Labute approximate surface area is 191 Å². The Morgan fingerprint density at radius 3 is 2.69 bits per heavy atom. The lowest BCUT2D eigenvalue weighted by molar-refractivity contribution is 0.0237. The van der Waals surface area contributed by atoms with Gasteiger partial charge in [-0.2, -0.15) is 0 Å². The number of aliphatic hydroxyl groups excluding tert-OH is 1. The maximum atomic E-state index is 10.6. The summed E-state index contributed by atoms with van der Waals surface area (Å²) in [4.78, 5) is 7.00. The molecule has 0 bridgehead atoms. The van der Waals surface area contributed by atoms with Gasteiger partial charge in [-0.25, -0.2) is 0 Å². The molecule has 1 saturated carbocycles. The Bertz CT molecular complexity index is 844. The van der Waals surface area contributed by atoms with Gasteiger partial charge in [0.2, 0.25) is 5.88 Å². The molecule has 2 aliphatic rings. The molecular weight excluding hydrogens is 404 g/mol. The molecule has 7 nitrogen and oxygen atoms in total. The summed E-state index contributed by atoms with van der Waals surface area (Å²) in [6.45, 7) is 10.5. The van der Waals surface area contributed by atoms with Crippen LogP contribution in [0.15, 0.2) is 47.5 Å². The number of anilines is 1. The van der Waals surface area contributed by atoms with Crippen molar-refractivity contribution >= 4 is 5.88 Å². The van der Waals surface area contributed by atoms with Crippen LogP contribution < -0.4 is 4.90 Å². The van der Waals surface area contributed by atoms with E-state index in [1.54, 1.807) is 6.08 Å². The normalized spacial score (nSPS) is 18.3. The average Bonchev–Trinajstić information content (AvgIpc) is 3.52. The number of rotatable bonds is 12. The van der Waals surface area contributed by atoms with Gasteiger partial charge in [0.25, 0.3) is 0 Å². The molecular formula is C25H36N4O3. The third-order valence-electron chi connectivity index (χ3n) is 6.22. The van der Waals surface area contributed by atoms with E-state index in [2.05, 4.69) is 45.6 Å². The summed E-state index contributed by atoms with van der Waals surface area (Å²) in [6, 6.07) is 10.2. The Kier molecular flexibility index (Phi) is 7.97. The first-order valence-corrected chi connectivity index (χ1v) is 11.7. The van der Waals surface area contributed by atoms with Crippen molar-refractivity contribution in [2.45, 2.75) is 25.5 Å². The largest absolute Gasteiger partial charge is 0.389 e. The van der Waals surface area contributed by atoms with Crippen molar-refractivity contribution < 1.29 is 14.4 Å². The molecule has 1 aliphatic carbocycles. The van der Waals surface area contributed by atoms with Crippen molar-refractivity contribution in [2.75, 3.05) is 64.4 Å². The smallest absolute Gasteiger partial charge is 0.232 e. The fourth-order valence-electron chi connectivity index (χ4n) is 4.25. The number of aromatic nitrogens is 1. The number of piperazine rings is 1. The summed E-state index contributed by atoms with van der Waals surface area (Å²) in [5.74, 6) is 1.58. The molecule has 1 saturated heterocycles. The second-order valence-corrected chi connectivity index (χ2v) is 9.09. The van der Waals surface area contributed by atoms with Gasteiger partial charge in [-0.1, -0.05) is 41.6 Å². The van der Waals surface area contributed by atoms with Crippen molar-refractivity contribution in [3.63, 3.8) is 0 Å². The molecule has 1 aliphatic heterocycles. The molecule has 1 aromatic heterocycles. The van der Waals surface area contributed by atoms with Crippen LogP contribution in [0.1, 0.15) is 18.4 Å². The zero-order chi connectivity index (χ0) is 22.3. The first-order chi connectivity index (χ1) is 15.6. The number of aliphatic hydroxyl groups is 1. The second kappa shape index (κ2) is 11.1. The SMILES string of the molecule is C=CCOCC(O)CN(Cc1c(-c2ccccc2)noc1N1CCN(C)CC1)CC1CC1. The maximum absolute atomic E-state index is 10.6. The predicted octanol–water partition coefficient (Wildman–Crippen LogP) is 2.87. The van der Waals surface area contributed by atoms with Crippen molar-refractivity contribution in [3.05, 3.63) is 48.6 Å². The lowest BCUT2D eigenvalue weighted by Gasteiger charge is -2.33. The van der Waals surface area contributed by atoms with E-state index in [0.717, 1.165) is 55.4 Å². The lowest BCUT2D eigenvalue weighted by Crippen LogP contribution is -2.45. The van der Waals surface area contributed by atoms with Gasteiger partial charge in [-0.15, -0.1) is 6.58 Å². The number of benzene rings is 1. The Hall–Kier alpha value is -2.19. The number of hydrogen-bond donors (Lipinski definition) is 1. The maximum Gasteiger partial charge on any atom is 0.232 e.